The summed E-state index contributed by atoms with van der Waals surface area (Å²) in [5.74, 6) is 2.41. The van der Waals surface area contributed by atoms with E-state index >= 15 is 0 Å². The topological polar surface area (TPSA) is 76.4 Å². The molecule has 0 radical (unpaired) electrons. The number of aliphatic imine (C=N–C) groups is 1. The van der Waals surface area contributed by atoms with E-state index in [0.717, 1.165) is 11.6 Å². The summed E-state index contributed by atoms with van der Waals surface area (Å²) in [6, 6.07) is 9.72. The van der Waals surface area contributed by atoms with Gasteiger partial charge < -0.3 is 19.9 Å². The Morgan fingerprint density at radius 3 is 2.68 bits per heavy atom. The van der Waals surface area contributed by atoms with Gasteiger partial charge in [-0.2, -0.15) is 0 Å². The third kappa shape index (κ3) is 5.88. The average molecular weight is 416 g/mol. The Morgan fingerprint density at radius 1 is 1.27 bits per heavy atom. The van der Waals surface area contributed by atoms with Gasteiger partial charge in [-0.1, -0.05) is 18.2 Å². The summed E-state index contributed by atoms with van der Waals surface area (Å²) in [6.45, 7) is 1.79. The molecule has 0 bridgehead atoms. The number of benzene rings is 1. The van der Waals surface area contributed by atoms with Crippen molar-refractivity contribution in [3.05, 3.63) is 42.5 Å². The molecule has 7 nitrogen and oxygen atoms in total. The Kier molecular flexibility index (Phi) is 8.26. The third-order valence-electron chi connectivity index (χ3n) is 2.85. The smallest absolute Gasteiger partial charge is 0.191 e. The van der Waals surface area contributed by atoms with E-state index in [1.54, 1.807) is 13.4 Å². The number of aromatic nitrogens is 3. The highest BCUT2D eigenvalue weighted by Crippen LogP contribution is 2.07. The second kappa shape index (κ2) is 9.98. The van der Waals surface area contributed by atoms with Crippen LogP contribution in [0.15, 0.2) is 41.7 Å². The van der Waals surface area contributed by atoms with E-state index in [1.807, 2.05) is 41.9 Å². The minimum atomic E-state index is 0. The molecule has 1 aromatic carbocycles. The van der Waals surface area contributed by atoms with Gasteiger partial charge in [-0.25, -0.2) is 0 Å². The van der Waals surface area contributed by atoms with E-state index in [9.17, 15) is 0 Å². The maximum atomic E-state index is 5.60. The Morgan fingerprint density at radius 2 is 2.05 bits per heavy atom. The van der Waals surface area contributed by atoms with Gasteiger partial charge in [-0.05, 0) is 12.1 Å². The van der Waals surface area contributed by atoms with Crippen LogP contribution in [0.2, 0.25) is 0 Å². The van der Waals surface area contributed by atoms with Crippen molar-refractivity contribution in [2.24, 2.45) is 12.0 Å². The molecule has 2 N–H and O–H groups in total. The largest absolute Gasteiger partial charge is 0.492 e. The Balaban J connectivity index is 0.00000242. The van der Waals surface area contributed by atoms with Crippen molar-refractivity contribution in [2.45, 2.75) is 6.54 Å². The normalized spacial score (nSPS) is 10.7. The first-order valence-corrected chi connectivity index (χ1v) is 6.75. The van der Waals surface area contributed by atoms with E-state index in [2.05, 4.69) is 25.8 Å². The molecule has 0 saturated heterocycles. The fourth-order valence-electron chi connectivity index (χ4n) is 1.71. The van der Waals surface area contributed by atoms with Crippen molar-refractivity contribution in [3.8, 4) is 5.75 Å². The van der Waals surface area contributed by atoms with Crippen LogP contribution in [0.1, 0.15) is 5.82 Å². The van der Waals surface area contributed by atoms with Gasteiger partial charge in [0.25, 0.3) is 0 Å². The minimum absolute atomic E-state index is 0. The highest BCUT2D eigenvalue weighted by Gasteiger charge is 2.02. The summed E-state index contributed by atoms with van der Waals surface area (Å²) in [6.07, 6.45) is 1.67. The minimum Gasteiger partial charge on any atom is -0.492 e. The SMILES string of the molecule is CN=C(NCCOc1ccccc1)NCc1nncn1C.I. The highest BCUT2D eigenvalue weighted by atomic mass is 127. The first-order chi connectivity index (χ1) is 10.3. The van der Waals surface area contributed by atoms with Crippen LogP contribution in [-0.2, 0) is 13.6 Å². The number of rotatable bonds is 6. The lowest BCUT2D eigenvalue weighted by Gasteiger charge is -2.12. The van der Waals surface area contributed by atoms with E-state index in [-0.39, 0.29) is 24.0 Å². The summed E-state index contributed by atoms with van der Waals surface area (Å²) in [5.41, 5.74) is 0. The van der Waals surface area contributed by atoms with Crippen LogP contribution < -0.4 is 15.4 Å². The lowest BCUT2D eigenvalue weighted by molar-refractivity contribution is 0.322. The number of guanidine groups is 1. The molecule has 8 heteroatoms. The summed E-state index contributed by atoms with van der Waals surface area (Å²) in [4.78, 5) is 4.14. The zero-order valence-electron chi connectivity index (χ0n) is 12.7. The lowest BCUT2D eigenvalue weighted by Crippen LogP contribution is -2.39. The monoisotopic (exact) mass is 416 g/mol. The number of para-hydroxylation sites is 1. The van der Waals surface area contributed by atoms with Gasteiger partial charge in [-0.3, -0.25) is 4.99 Å². The van der Waals surface area contributed by atoms with Gasteiger partial charge in [0, 0.05) is 14.1 Å². The van der Waals surface area contributed by atoms with Gasteiger partial charge in [-0.15, -0.1) is 34.2 Å². The van der Waals surface area contributed by atoms with Crippen LogP contribution in [0.4, 0.5) is 0 Å². The zero-order valence-corrected chi connectivity index (χ0v) is 15.0. The maximum absolute atomic E-state index is 5.60. The quantitative estimate of drug-likeness (QED) is 0.320. The van der Waals surface area contributed by atoms with E-state index in [4.69, 9.17) is 4.74 Å². The van der Waals surface area contributed by atoms with Crippen LogP contribution in [0.3, 0.4) is 0 Å². The number of hydrogen-bond acceptors (Lipinski definition) is 4. The van der Waals surface area contributed by atoms with Gasteiger partial charge >= 0.3 is 0 Å². The van der Waals surface area contributed by atoms with Crippen molar-refractivity contribution in [3.63, 3.8) is 0 Å². The number of nitrogens with zero attached hydrogens (tertiary/aromatic N) is 4. The van der Waals surface area contributed by atoms with Gasteiger partial charge in [0.15, 0.2) is 11.8 Å². The van der Waals surface area contributed by atoms with Crippen molar-refractivity contribution in [2.75, 3.05) is 20.2 Å². The zero-order chi connectivity index (χ0) is 14.9. The van der Waals surface area contributed by atoms with Crippen molar-refractivity contribution >= 4 is 29.9 Å². The van der Waals surface area contributed by atoms with E-state index < -0.39 is 0 Å². The summed E-state index contributed by atoms with van der Waals surface area (Å²) in [5, 5.41) is 14.2. The van der Waals surface area contributed by atoms with Crippen LogP contribution in [0, 0.1) is 0 Å². The van der Waals surface area contributed by atoms with E-state index in [0.29, 0.717) is 25.7 Å². The molecule has 1 heterocycles. The standard InChI is InChI=1S/C14H20N6O.HI/c1-15-14(17-10-13-19-18-11-20(13)2)16-8-9-21-12-6-4-3-5-7-12;/h3-7,11H,8-10H2,1-2H3,(H2,15,16,17);1H. The summed E-state index contributed by atoms with van der Waals surface area (Å²) < 4.78 is 7.46. The Bertz CT molecular complexity index is 572. The van der Waals surface area contributed by atoms with Crippen molar-refractivity contribution in [1.82, 2.24) is 25.4 Å². The van der Waals surface area contributed by atoms with Gasteiger partial charge in [0.2, 0.25) is 0 Å². The fourth-order valence-corrected chi connectivity index (χ4v) is 1.71. The van der Waals surface area contributed by atoms with Crippen molar-refractivity contribution in [1.29, 1.82) is 0 Å². The first-order valence-electron chi connectivity index (χ1n) is 6.75. The van der Waals surface area contributed by atoms with Crippen LogP contribution in [0.5, 0.6) is 5.75 Å². The fraction of sp³-hybridized carbons (Fsp3) is 0.357. The van der Waals surface area contributed by atoms with Crippen molar-refractivity contribution < 1.29 is 4.74 Å². The van der Waals surface area contributed by atoms with Crippen LogP contribution >= 0.6 is 24.0 Å². The second-order valence-electron chi connectivity index (χ2n) is 4.37. The van der Waals surface area contributed by atoms with E-state index in [1.165, 1.54) is 0 Å². The number of aryl methyl sites for hydroxylation is 1. The van der Waals surface area contributed by atoms with Crippen LogP contribution in [-0.4, -0.2) is 40.9 Å². The van der Waals surface area contributed by atoms with Crippen LogP contribution in [0.25, 0.3) is 0 Å². The Labute approximate surface area is 147 Å². The maximum Gasteiger partial charge on any atom is 0.191 e. The molecule has 0 atom stereocenters. The predicted molar refractivity (Wildman–Crippen MR) is 96.6 cm³/mol. The highest BCUT2D eigenvalue weighted by molar-refractivity contribution is 14.0. The molecule has 0 saturated carbocycles. The molecule has 120 valence electrons. The molecular weight excluding hydrogens is 395 g/mol. The molecule has 0 unspecified atom stereocenters. The lowest BCUT2D eigenvalue weighted by atomic mass is 10.3. The molecule has 0 fully saturated rings. The molecule has 2 rings (SSSR count). The number of nitrogens with one attached hydrogen (secondary N) is 2. The van der Waals surface area contributed by atoms with Gasteiger partial charge in [0.05, 0.1) is 13.1 Å². The molecule has 2 aromatic rings. The summed E-state index contributed by atoms with van der Waals surface area (Å²) >= 11 is 0. The molecule has 0 spiro atoms. The predicted octanol–water partition coefficient (Wildman–Crippen LogP) is 1.18. The third-order valence-corrected chi connectivity index (χ3v) is 2.85. The molecule has 22 heavy (non-hydrogen) atoms. The molecule has 0 aliphatic carbocycles. The number of hydrogen-bond donors (Lipinski definition) is 2. The average Bonchev–Trinajstić information content (AvgIpc) is 2.93. The molecule has 1 aromatic heterocycles. The van der Waals surface area contributed by atoms with Gasteiger partial charge in [0.1, 0.15) is 18.7 Å². The molecular formula is C14H21IN6O. The second-order valence-corrected chi connectivity index (χ2v) is 4.37. The molecule has 0 amide bonds. The Hall–Kier alpha value is -1.84. The number of ether oxygens (including phenoxy) is 1. The molecule has 0 aliphatic heterocycles. The number of halogens is 1. The summed E-state index contributed by atoms with van der Waals surface area (Å²) in [7, 11) is 3.63. The molecule has 0 aliphatic rings. The first kappa shape index (κ1) is 18.2.